The molecule has 0 aliphatic heterocycles. The van der Waals surface area contributed by atoms with Gasteiger partial charge in [-0.1, -0.05) is 25.7 Å². The third-order valence-electron chi connectivity index (χ3n) is 3.71. The van der Waals surface area contributed by atoms with Crippen LogP contribution in [-0.2, 0) is 9.53 Å². The summed E-state index contributed by atoms with van der Waals surface area (Å²) < 4.78 is 4.86. The second-order valence-electron chi connectivity index (χ2n) is 5.45. The van der Waals surface area contributed by atoms with E-state index in [0.29, 0.717) is 18.9 Å². The lowest BCUT2D eigenvalue weighted by atomic mass is 9.96. The van der Waals surface area contributed by atoms with Gasteiger partial charge in [0.15, 0.2) is 0 Å². The Bertz CT molecular complexity index is 237. The van der Waals surface area contributed by atoms with E-state index in [9.17, 15) is 9.90 Å². The Morgan fingerprint density at radius 1 is 1.33 bits per heavy atom. The van der Waals surface area contributed by atoms with E-state index in [1.807, 2.05) is 0 Å². The maximum Gasteiger partial charge on any atom is 0.222 e. The zero-order chi connectivity index (χ0) is 13.4. The van der Waals surface area contributed by atoms with E-state index in [2.05, 4.69) is 0 Å². The summed E-state index contributed by atoms with van der Waals surface area (Å²) in [7, 11) is 3.31. The topological polar surface area (TPSA) is 49.8 Å². The number of amides is 1. The molecule has 0 unspecified atom stereocenters. The number of hydrogen-bond acceptors (Lipinski definition) is 3. The van der Waals surface area contributed by atoms with Crippen LogP contribution in [0.25, 0.3) is 0 Å². The molecule has 0 aromatic rings. The zero-order valence-corrected chi connectivity index (χ0v) is 11.7. The van der Waals surface area contributed by atoms with Crippen molar-refractivity contribution in [1.82, 2.24) is 4.90 Å². The first-order chi connectivity index (χ1) is 8.63. The number of carbonyl (C=O) groups is 1. The molecular weight excluding hydrogens is 230 g/mol. The van der Waals surface area contributed by atoms with Gasteiger partial charge in [-0.2, -0.15) is 0 Å². The molecule has 4 nitrogen and oxygen atoms in total. The molecule has 1 aliphatic rings. The summed E-state index contributed by atoms with van der Waals surface area (Å²) in [5, 5.41) is 9.60. The highest BCUT2D eigenvalue weighted by molar-refractivity contribution is 5.76. The zero-order valence-electron chi connectivity index (χ0n) is 11.7. The summed E-state index contributed by atoms with van der Waals surface area (Å²) in [6, 6.07) is 0. The molecule has 1 aliphatic carbocycles. The van der Waals surface area contributed by atoms with E-state index < -0.39 is 6.10 Å². The summed E-state index contributed by atoms with van der Waals surface area (Å²) in [5.41, 5.74) is 0. The summed E-state index contributed by atoms with van der Waals surface area (Å²) in [4.78, 5) is 13.7. The largest absolute Gasteiger partial charge is 0.389 e. The van der Waals surface area contributed by atoms with Crippen LogP contribution in [0.5, 0.6) is 0 Å². The van der Waals surface area contributed by atoms with Crippen molar-refractivity contribution in [3.63, 3.8) is 0 Å². The third kappa shape index (κ3) is 5.83. The van der Waals surface area contributed by atoms with Gasteiger partial charge in [0.05, 0.1) is 12.7 Å². The molecule has 4 heteroatoms. The van der Waals surface area contributed by atoms with Gasteiger partial charge in [0.25, 0.3) is 0 Å². The second-order valence-corrected chi connectivity index (χ2v) is 5.45. The summed E-state index contributed by atoms with van der Waals surface area (Å²) in [6.07, 6.45) is 7.55. The van der Waals surface area contributed by atoms with Gasteiger partial charge in [-0.3, -0.25) is 4.79 Å². The molecule has 0 aromatic heterocycles. The van der Waals surface area contributed by atoms with Gasteiger partial charge >= 0.3 is 0 Å². The van der Waals surface area contributed by atoms with Gasteiger partial charge in [0.1, 0.15) is 0 Å². The standard InChI is InChI=1S/C14H27NO3/c1-15(10-13(16)11-18-2)14(17)9-12-7-5-3-4-6-8-12/h12-13,16H,3-11H2,1-2H3/t13-/m0/s1. The third-order valence-corrected chi connectivity index (χ3v) is 3.71. The number of methoxy groups -OCH3 is 1. The number of likely N-dealkylation sites (N-methyl/N-ethyl adjacent to an activating group) is 1. The average molecular weight is 257 g/mol. The Hall–Kier alpha value is -0.610. The lowest BCUT2D eigenvalue weighted by molar-refractivity contribution is -0.132. The van der Waals surface area contributed by atoms with Crippen LogP contribution in [0.3, 0.4) is 0 Å². The van der Waals surface area contributed by atoms with Gasteiger partial charge in [0.2, 0.25) is 5.91 Å². The Kier molecular flexibility index (Phi) is 7.28. The van der Waals surface area contributed by atoms with Crippen LogP contribution in [0.4, 0.5) is 0 Å². The average Bonchev–Trinajstić information content (AvgIpc) is 2.57. The van der Waals surface area contributed by atoms with Crippen molar-refractivity contribution < 1.29 is 14.6 Å². The first kappa shape index (κ1) is 15.4. The van der Waals surface area contributed by atoms with E-state index in [-0.39, 0.29) is 12.5 Å². The minimum atomic E-state index is -0.585. The minimum Gasteiger partial charge on any atom is -0.389 e. The smallest absolute Gasteiger partial charge is 0.222 e. The number of aliphatic hydroxyl groups is 1. The maximum atomic E-state index is 12.0. The predicted molar refractivity (Wildman–Crippen MR) is 71.3 cm³/mol. The summed E-state index contributed by atoms with van der Waals surface area (Å²) in [6.45, 7) is 0.639. The number of ether oxygens (including phenoxy) is 1. The quantitative estimate of drug-likeness (QED) is 0.738. The highest BCUT2D eigenvalue weighted by Gasteiger charge is 2.19. The highest BCUT2D eigenvalue weighted by Crippen LogP contribution is 2.25. The number of rotatable bonds is 6. The number of hydrogen-bond donors (Lipinski definition) is 1. The van der Waals surface area contributed by atoms with E-state index in [4.69, 9.17) is 4.74 Å². The van der Waals surface area contributed by atoms with Gasteiger partial charge < -0.3 is 14.7 Å². The lowest BCUT2D eigenvalue weighted by Gasteiger charge is -2.23. The van der Waals surface area contributed by atoms with Gasteiger partial charge in [-0.25, -0.2) is 0 Å². The van der Waals surface area contributed by atoms with Crippen molar-refractivity contribution in [2.24, 2.45) is 5.92 Å². The SMILES string of the molecule is COC[C@@H](O)CN(C)C(=O)CC1CCCCCC1. The van der Waals surface area contributed by atoms with Crippen LogP contribution in [0.15, 0.2) is 0 Å². The van der Waals surface area contributed by atoms with Crippen LogP contribution in [0.2, 0.25) is 0 Å². The minimum absolute atomic E-state index is 0.150. The number of nitrogens with zero attached hydrogens (tertiary/aromatic N) is 1. The fraction of sp³-hybridized carbons (Fsp3) is 0.929. The molecule has 0 aromatic carbocycles. The second kappa shape index (κ2) is 8.48. The molecule has 0 bridgehead atoms. The van der Waals surface area contributed by atoms with Crippen LogP contribution < -0.4 is 0 Å². The molecule has 1 saturated carbocycles. The van der Waals surface area contributed by atoms with Crippen LogP contribution >= 0.6 is 0 Å². The molecule has 0 spiro atoms. The molecule has 18 heavy (non-hydrogen) atoms. The van der Waals surface area contributed by atoms with Crippen molar-refractivity contribution in [3.05, 3.63) is 0 Å². The van der Waals surface area contributed by atoms with Gasteiger partial charge in [-0.05, 0) is 18.8 Å². The fourth-order valence-corrected chi connectivity index (χ4v) is 2.63. The van der Waals surface area contributed by atoms with Crippen molar-refractivity contribution in [2.45, 2.75) is 51.0 Å². The first-order valence-corrected chi connectivity index (χ1v) is 7.04. The summed E-state index contributed by atoms with van der Waals surface area (Å²) >= 11 is 0. The Morgan fingerprint density at radius 3 is 2.50 bits per heavy atom. The molecule has 1 rings (SSSR count). The van der Waals surface area contributed by atoms with Crippen LogP contribution in [0.1, 0.15) is 44.9 Å². The molecular formula is C14H27NO3. The normalized spacial score (nSPS) is 19.3. The Morgan fingerprint density at radius 2 is 1.94 bits per heavy atom. The highest BCUT2D eigenvalue weighted by atomic mass is 16.5. The molecule has 1 N–H and O–H groups in total. The van der Waals surface area contributed by atoms with Crippen LogP contribution in [0, 0.1) is 5.92 Å². The fourth-order valence-electron chi connectivity index (χ4n) is 2.63. The number of aliphatic hydroxyl groups excluding tert-OH is 1. The lowest BCUT2D eigenvalue weighted by Crippen LogP contribution is -2.37. The van der Waals surface area contributed by atoms with Crippen LogP contribution in [-0.4, -0.2) is 49.3 Å². The van der Waals surface area contributed by atoms with Crippen molar-refractivity contribution >= 4 is 5.91 Å². The van der Waals surface area contributed by atoms with Gasteiger partial charge in [-0.15, -0.1) is 0 Å². The first-order valence-electron chi connectivity index (χ1n) is 7.04. The van der Waals surface area contributed by atoms with Crippen molar-refractivity contribution in [2.75, 3.05) is 27.3 Å². The Balaban J connectivity index is 2.29. The molecule has 0 radical (unpaired) electrons. The predicted octanol–water partition coefficient (Wildman–Crippen LogP) is 1.81. The molecule has 0 saturated heterocycles. The van der Waals surface area contributed by atoms with E-state index >= 15 is 0 Å². The van der Waals surface area contributed by atoms with Crippen molar-refractivity contribution in [1.29, 1.82) is 0 Å². The van der Waals surface area contributed by atoms with Crippen molar-refractivity contribution in [3.8, 4) is 0 Å². The Labute approximate surface area is 110 Å². The molecule has 106 valence electrons. The molecule has 1 atom stereocenters. The number of carbonyl (C=O) groups excluding carboxylic acids is 1. The monoisotopic (exact) mass is 257 g/mol. The van der Waals surface area contributed by atoms with E-state index in [0.717, 1.165) is 0 Å². The van der Waals surface area contributed by atoms with E-state index in [1.54, 1.807) is 19.1 Å². The maximum absolute atomic E-state index is 12.0. The van der Waals surface area contributed by atoms with E-state index in [1.165, 1.54) is 38.5 Å². The van der Waals surface area contributed by atoms with Gasteiger partial charge in [0, 0.05) is 27.1 Å². The molecule has 0 heterocycles. The molecule has 1 amide bonds. The summed E-state index contributed by atoms with van der Waals surface area (Å²) in [5.74, 6) is 0.694. The molecule has 1 fully saturated rings.